The molecule has 3 aromatic rings. The van der Waals surface area contributed by atoms with E-state index in [1.165, 1.54) is 4.90 Å². The van der Waals surface area contributed by atoms with Crippen LogP contribution in [0.1, 0.15) is 25.8 Å². The SMILES string of the molecule is CCn1cc(Nc2nc(N)c3cnn(C4CCCN(C(=O)O)C4)c3n2)cn1. The highest BCUT2D eigenvalue weighted by Gasteiger charge is 2.27. The molecule has 1 amide bonds. The molecule has 1 unspecified atom stereocenters. The van der Waals surface area contributed by atoms with Crippen molar-refractivity contribution >= 4 is 34.6 Å². The first-order chi connectivity index (χ1) is 13.0. The molecule has 27 heavy (non-hydrogen) atoms. The summed E-state index contributed by atoms with van der Waals surface area (Å²) in [6.45, 7) is 3.68. The minimum absolute atomic E-state index is 0.0858. The van der Waals surface area contributed by atoms with Crippen LogP contribution in [0, 0.1) is 0 Å². The van der Waals surface area contributed by atoms with Crippen molar-refractivity contribution in [1.82, 2.24) is 34.4 Å². The number of anilines is 3. The number of amides is 1. The Morgan fingerprint density at radius 1 is 1.37 bits per heavy atom. The number of nitrogen functional groups attached to an aromatic ring is 1. The van der Waals surface area contributed by atoms with E-state index in [2.05, 4.69) is 25.5 Å². The van der Waals surface area contributed by atoms with Crippen LogP contribution < -0.4 is 11.1 Å². The van der Waals surface area contributed by atoms with Crippen molar-refractivity contribution in [2.45, 2.75) is 32.4 Å². The van der Waals surface area contributed by atoms with Crippen molar-refractivity contribution in [1.29, 1.82) is 0 Å². The molecule has 1 fully saturated rings. The number of carboxylic acid groups (broad SMARTS) is 1. The van der Waals surface area contributed by atoms with Gasteiger partial charge in [0.2, 0.25) is 5.95 Å². The summed E-state index contributed by atoms with van der Waals surface area (Å²) in [5, 5.41) is 21.7. The maximum atomic E-state index is 11.3. The normalized spacial score (nSPS) is 17.4. The number of hydrogen-bond donors (Lipinski definition) is 3. The second-order valence-corrected chi connectivity index (χ2v) is 6.49. The van der Waals surface area contributed by atoms with Gasteiger partial charge in [-0.3, -0.25) is 4.68 Å². The quantitative estimate of drug-likeness (QED) is 0.629. The summed E-state index contributed by atoms with van der Waals surface area (Å²) in [7, 11) is 0. The van der Waals surface area contributed by atoms with Gasteiger partial charge in [0, 0.05) is 25.8 Å². The Labute approximate surface area is 154 Å². The predicted octanol–water partition coefficient (Wildman–Crippen LogP) is 1.68. The molecule has 1 atom stereocenters. The van der Waals surface area contributed by atoms with Crippen molar-refractivity contribution in [2.75, 3.05) is 24.1 Å². The number of nitrogens with two attached hydrogens (primary N) is 1. The molecular formula is C16H21N9O2. The number of piperidine rings is 1. The maximum Gasteiger partial charge on any atom is 0.407 e. The van der Waals surface area contributed by atoms with Gasteiger partial charge in [-0.15, -0.1) is 0 Å². The van der Waals surface area contributed by atoms with Crippen LogP contribution in [-0.4, -0.2) is 58.7 Å². The number of nitrogens with one attached hydrogen (secondary N) is 1. The highest BCUT2D eigenvalue weighted by Crippen LogP contribution is 2.27. The topological polar surface area (TPSA) is 140 Å². The predicted molar refractivity (Wildman–Crippen MR) is 98.8 cm³/mol. The van der Waals surface area contributed by atoms with Crippen molar-refractivity contribution in [3.05, 3.63) is 18.6 Å². The molecule has 0 spiro atoms. The van der Waals surface area contributed by atoms with E-state index < -0.39 is 6.09 Å². The fourth-order valence-corrected chi connectivity index (χ4v) is 3.33. The van der Waals surface area contributed by atoms with Gasteiger partial charge in [0.25, 0.3) is 0 Å². The second-order valence-electron chi connectivity index (χ2n) is 6.49. The first kappa shape index (κ1) is 17.1. The van der Waals surface area contributed by atoms with Crippen LogP contribution in [0.15, 0.2) is 18.6 Å². The average Bonchev–Trinajstić information content (AvgIpc) is 3.29. The van der Waals surface area contributed by atoms with Gasteiger partial charge in [0.1, 0.15) is 5.82 Å². The monoisotopic (exact) mass is 371 g/mol. The Bertz CT molecular complexity index is 980. The van der Waals surface area contributed by atoms with E-state index >= 15 is 0 Å². The van der Waals surface area contributed by atoms with Crippen LogP contribution in [-0.2, 0) is 6.54 Å². The van der Waals surface area contributed by atoms with Gasteiger partial charge in [-0.2, -0.15) is 20.2 Å². The van der Waals surface area contributed by atoms with Gasteiger partial charge in [-0.05, 0) is 19.8 Å². The molecule has 1 saturated heterocycles. The van der Waals surface area contributed by atoms with E-state index in [-0.39, 0.29) is 6.04 Å². The first-order valence-corrected chi connectivity index (χ1v) is 8.83. The lowest BCUT2D eigenvalue weighted by Crippen LogP contribution is -2.40. The van der Waals surface area contributed by atoms with E-state index in [4.69, 9.17) is 5.73 Å². The van der Waals surface area contributed by atoms with Gasteiger partial charge in [0.05, 0.1) is 29.5 Å². The Kier molecular flexibility index (Phi) is 4.26. The highest BCUT2D eigenvalue weighted by atomic mass is 16.4. The Hall–Kier alpha value is -3.37. The number of likely N-dealkylation sites (tertiary alicyclic amines) is 1. The molecule has 3 aromatic heterocycles. The molecule has 4 rings (SSSR count). The van der Waals surface area contributed by atoms with Crippen molar-refractivity contribution < 1.29 is 9.90 Å². The smallest absolute Gasteiger partial charge is 0.407 e. The van der Waals surface area contributed by atoms with E-state index in [9.17, 15) is 9.90 Å². The average molecular weight is 371 g/mol. The van der Waals surface area contributed by atoms with Crippen molar-refractivity contribution in [3.63, 3.8) is 0 Å². The largest absolute Gasteiger partial charge is 0.465 e. The minimum Gasteiger partial charge on any atom is -0.465 e. The van der Waals surface area contributed by atoms with Crippen LogP contribution >= 0.6 is 0 Å². The van der Waals surface area contributed by atoms with E-state index in [0.717, 1.165) is 25.1 Å². The molecular weight excluding hydrogens is 350 g/mol. The molecule has 0 aromatic carbocycles. The van der Waals surface area contributed by atoms with Crippen LogP contribution in [0.3, 0.4) is 0 Å². The standard InChI is InChI=1S/C16H21N9O2/c1-2-24-8-10(6-18-24)20-15-21-13(17)12-7-19-25(14(12)22-15)11-4-3-5-23(9-11)16(26)27/h6-8,11H,2-5,9H2,1H3,(H,26,27)(H3,17,20,21,22). The molecule has 0 saturated carbocycles. The number of nitrogens with zero attached hydrogens (tertiary/aromatic N) is 7. The van der Waals surface area contributed by atoms with Gasteiger partial charge in [-0.1, -0.05) is 0 Å². The van der Waals surface area contributed by atoms with Crippen LogP contribution in [0.2, 0.25) is 0 Å². The second kappa shape index (κ2) is 6.74. The van der Waals surface area contributed by atoms with E-state index in [1.807, 2.05) is 13.1 Å². The molecule has 142 valence electrons. The zero-order chi connectivity index (χ0) is 19.0. The van der Waals surface area contributed by atoms with E-state index in [0.29, 0.717) is 35.9 Å². The summed E-state index contributed by atoms with van der Waals surface area (Å²) in [5.74, 6) is 0.672. The molecule has 1 aliphatic rings. The molecule has 11 heteroatoms. The van der Waals surface area contributed by atoms with E-state index in [1.54, 1.807) is 21.8 Å². The number of fused-ring (bicyclic) bond motifs is 1. The van der Waals surface area contributed by atoms with Crippen molar-refractivity contribution in [3.8, 4) is 0 Å². The summed E-state index contributed by atoms with van der Waals surface area (Å²) in [5.41, 5.74) is 7.44. The zero-order valence-corrected chi connectivity index (χ0v) is 14.9. The maximum absolute atomic E-state index is 11.3. The third-order valence-corrected chi connectivity index (χ3v) is 4.71. The lowest BCUT2D eigenvalue weighted by atomic mass is 10.1. The summed E-state index contributed by atoms with van der Waals surface area (Å²) in [6.07, 6.45) is 5.86. The third-order valence-electron chi connectivity index (χ3n) is 4.71. The summed E-state index contributed by atoms with van der Waals surface area (Å²) < 4.78 is 3.54. The van der Waals surface area contributed by atoms with Gasteiger partial charge in [0.15, 0.2) is 5.65 Å². The number of aromatic nitrogens is 6. The van der Waals surface area contributed by atoms with Crippen LogP contribution in [0.25, 0.3) is 11.0 Å². The molecule has 4 N–H and O–H groups in total. The fourth-order valence-electron chi connectivity index (χ4n) is 3.33. The number of rotatable bonds is 4. The molecule has 4 heterocycles. The van der Waals surface area contributed by atoms with Gasteiger partial charge >= 0.3 is 6.09 Å². The van der Waals surface area contributed by atoms with Gasteiger partial charge in [-0.25, -0.2) is 9.48 Å². The first-order valence-electron chi connectivity index (χ1n) is 8.83. The minimum atomic E-state index is -0.916. The van der Waals surface area contributed by atoms with Crippen LogP contribution in [0.5, 0.6) is 0 Å². The van der Waals surface area contributed by atoms with Gasteiger partial charge < -0.3 is 21.1 Å². The highest BCUT2D eigenvalue weighted by molar-refractivity contribution is 5.86. The summed E-state index contributed by atoms with van der Waals surface area (Å²) >= 11 is 0. The fraction of sp³-hybridized carbons (Fsp3) is 0.438. The zero-order valence-electron chi connectivity index (χ0n) is 14.9. The van der Waals surface area contributed by atoms with Crippen LogP contribution in [0.4, 0.5) is 22.2 Å². The molecule has 1 aliphatic heterocycles. The summed E-state index contributed by atoms with van der Waals surface area (Å²) in [4.78, 5) is 21.6. The Balaban J connectivity index is 1.66. The molecule has 0 bridgehead atoms. The lowest BCUT2D eigenvalue weighted by Gasteiger charge is -2.30. The number of hydrogen-bond acceptors (Lipinski definition) is 7. The Morgan fingerprint density at radius 2 is 2.22 bits per heavy atom. The molecule has 0 radical (unpaired) electrons. The lowest BCUT2D eigenvalue weighted by molar-refractivity contribution is 0.120. The Morgan fingerprint density at radius 3 is 2.96 bits per heavy atom. The molecule has 0 aliphatic carbocycles. The number of carbonyl (C=O) groups is 1. The summed E-state index contributed by atoms with van der Waals surface area (Å²) in [6, 6.07) is -0.0858. The third kappa shape index (κ3) is 3.23. The number of aryl methyl sites for hydroxylation is 1. The van der Waals surface area contributed by atoms with Crippen molar-refractivity contribution in [2.24, 2.45) is 0 Å². The molecule has 11 nitrogen and oxygen atoms in total.